The van der Waals surface area contributed by atoms with Crippen LogP contribution in [0.2, 0.25) is 0 Å². The zero-order valence-corrected chi connectivity index (χ0v) is 9.95. The molecule has 1 aromatic rings. The summed E-state index contributed by atoms with van der Waals surface area (Å²) in [7, 11) is 1.90. The Labute approximate surface area is 96.4 Å². The van der Waals surface area contributed by atoms with Gasteiger partial charge >= 0.3 is 0 Å². The van der Waals surface area contributed by atoms with E-state index in [0.29, 0.717) is 12.6 Å². The number of rotatable bonds is 4. The molecule has 1 aliphatic carbocycles. The molecular weight excluding hydrogens is 202 g/mol. The molecule has 2 rings (SSSR count). The summed E-state index contributed by atoms with van der Waals surface area (Å²) in [5.74, 6) is 1.91. The first-order valence-corrected chi connectivity index (χ1v) is 6.18. The zero-order chi connectivity index (χ0) is 11.4. The number of nitrogens with zero attached hydrogens (tertiary/aromatic N) is 3. The van der Waals surface area contributed by atoms with E-state index in [4.69, 9.17) is 5.73 Å². The summed E-state index contributed by atoms with van der Waals surface area (Å²) in [5.41, 5.74) is 5.61. The van der Waals surface area contributed by atoms with Gasteiger partial charge in [0.25, 0.3) is 0 Å². The first-order valence-electron chi connectivity index (χ1n) is 6.18. The van der Waals surface area contributed by atoms with Gasteiger partial charge in [-0.05, 0) is 19.4 Å². The van der Waals surface area contributed by atoms with Crippen LogP contribution in [0.1, 0.15) is 44.0 Å². The van der Waals surface area contributed by atoms with Gasteiger partial charge in [-0.15, -0.1) is 10.2 Å². The summed E-state index contributed by atoms with van der Waals surface area (Å²) in [6, 6.07) is 0.563. The number of aromatic nitrogens is 3. The van der Waals surface area contributed by atoms with Crippen LogP contribution in [-0.4, -0.2) is 28.4 Å². The smallest absolute Gasteiger partial charge is 0.224 e. The second-order valence-corrected chi connectivity index (χ2v) is 4.39. The predicted octanol–water partition coefficient (Wildman–Crippen LogP) is 1.33. The molecule has 0 aliphatic heterocycles. The van der Waals surface area contributed by atoms with Gasteiger partial charge in [0.2, 0.25) is 5.95 Å². The molecule has 90 valence electrons. The topological polar surface area (TPSA) is 68.8 Å². The van der Waals surface area contributed by atoms with Crippen molar-refractivity contribution >= 4 is 5.95 Å². The fraction of sp³-hybridized carbons (Fsp3) is 0.818. The highest BCUT2D eigenvalue weighted by Crippen LogP contribution is 2.31. The number of nitrogens with two attached hydrogens (primary N) is 1. The third kappa shape index (κ3) is 2.19. The molecule has 5 heteroatoms. The van der Waals surface area contributed by atoms with E-state index in [1.165, 1.54) is 32.1 Å². The van der Waals surface area contributed by atoms with Gasteiger partial charge < -0.3 is 11.1 Å². The molecule has 1 fully saturated rings. The SMILES string of the molecule is CNc1nnc(CCN)n1C1CCCCC1. The van der Waals surface area contributed by atoms with Crippen LogP contribution in [0.4, 0.5) is 5.95 Å². The Balaban J connectivity index is 2.23. The molecule has 0 radical (unpaired) electrons. The lowest BCUT2D eigenvalue weighted by molar-refractivity contribution is 0.348. The molecule has 1 saturated carbocycles. The van der Waals surface area contributed by atoms with Crippen LogP contribution in [0.25, 0.3) is 0 Å². The van der Waals surface area contributed by atoms with Crippen molar-refractivity contribution in [2.75, 3.05) is 18.9 Å². The number of anilines is 1. The van der Waals surface area contributed by atoms with Crippen LogP contribution < -0.4 is 11.1 Å². The van der Waals surface area contributed by atoms with Crippen molar-refractivity contribution in [1.29, 1.82) is 0 Å². The Kier molecular flexibility index (Phi) is 3.77. The fourth-order valence-corrected chi connectivity index (χ4v) is 2.52. The molecule has 0 spiro atoms. The number of nitrogens with one attached hydrogen (secondary N) is 1. The highest BCUT2D eigenvalue weighted by atomic mass is 15.4. The Morgan fingerprint density at radius 1 is 1.31 bits per heavy atom. The van der Waals surface area contributed by atoms with E-state index >= 15 is 0 Å². The molecule has 3 N–H and O–H groups in total. The first-order chi connectivity index (χ1) is 7.86. The van der Waals surface area contributed by atoms with Crippen molar-refractivity contribution < 1.29 is 0 Å². The fourth-order valence-electron chi connectivity index (χ4n) is 2.52. The third-order valence-electron chi connectivity index (χ3n) is 3.30. The van der Waals surface area contributed by atoms with Crippen molar-refractivity contribution in [3.63, 3.8) is 0 Å². The van der Waals surface area contributed by atoms with Crippen molar-refractivity contribution in [3.8, 4) is 0 Å². The van der Waals surface area contributed by atoms with Gasteiger partial charge in [-0.25, -0.2) is 0 Å². The maximum atomic E-state index is 5.61. The van der Waals surface area contributed by atoms with Gasteiger partial charge in [0.1, 0.15) is 5.82 Å². The molecule has 0 aromatic carbocycles. The molecule has 5 nitrogen and oxygen atoms in total. The second kappa shape index (κ2) is 5.30. The van der Waals surface area contributed by atoms with E-state index in [-0.39, 0.29) is 0 Å². The lowest BCUT2D eigenvalue weighted by atomic mass is 9.95. The first kappa shape index (κ1) is 11.4. The molecule has 1 heterocycles. The van der Waals surface area contributed by atoms with Gasteiger partial charge in [-0.3, -0.25) is 4.57 Å². The van der Waals surface area contributed by atoms with E-state index in [2.05, 4.69) is 20.1 Å². The highest BCUT2D eigenvalue weighted by molar-refractivity contribution is 5.25. The summed E-state index contributed by atoms with van der Waals surface area (Å²) in [4.78, 5) is 0. The quantitative estimate of drug-likeness (QED) is 0.808. The predicted molar refractivity (Wildman–Crippen MR) is 64.4 cm³/mol. The van der Waals surface area contributed by atoms with Gasteiger partial charge in [-0.1, -0.05) is 19.3 Å². The minimum atomic E-state index is 0.563. The lowest BCUT2D eigenvalue weighted by Crippen LogP contribution is -2.19. The molecule has 1 aliphatic rings. The average molecular weight is 223 g/mol. The van der Waals surface area contributed by atoms with Crippen molar-refractivity contribution in [3.05, 3.63) is 5.82 Å². The monoisotopic (exact) mass is 223 g/mol. The molecular formula is C11H21N5. The van der Waals surface area contributed by atoms with Crippen LogP contribution in [0.15, 0.2) is 0 Å². The highest BCUT2D eigenvalue weighted by Gasteiger charge is 2.21. The van der Waals surface area contributed by atoms with Crippen LogP contribution in [-0.2, 0) is 6.42 Å². The Morgan fingerprint density at radius 3 is 2.69 bits per heavy atom. The van der Waals surface area contributed by atoms with Crippen molar-refractivity contribution in [2.24, 2.45) is 5.73 Å². The van der Waals surface area contributed by atoms with Gasteiger partial charge in [0, 0.05) is 19.5 Å². The van der Waals surface area contributed by atoms with Crippen molar-refractivity contribution in [2.45, 2.75) is 44.6 Å². The van der Waals surface area contributed by atoms with E-state index in [9.17, 15) is 0 Å². The average Bonchev–Trinajstić information content (AvgIpc) is 2.74. The third-order valence-corrected chi connectivity index (χ3v) is 3.30. The van der Waals surface area contributed by atoms with Gasteiger partial charge in [-0.2, -0.15) is 0 Å². The number of hydrogen-bond donors (Lipinski definition) is 2. The van der Waals surface area contributed by atoms with Crippen LogP contribution in [0, 0.1) is 0 Å². The Morgan fingerprint density at radius 2 is 2.06 bits per heavy atom. The second-order valence-electron chi connectivity index (χ2n) is 4.39. The molecule has 0 atom stereocenters. The van der Waals surface area contributed by atoms with E-state index < -0.39 is 0 Å². The maximum Gasteiger partial charge on any atom is 0.224 e. The van der Waals surface area contributed by atoms with E-state index in [1.54, 1.807) is 0 Å². The Hall–Kier alpha value is -1.10. The molecule has 16 heavy (non-hydrogen) atoms. The summed E-state index contributed by atoms with van der Waals surface area (Å²) in [6.07, 6.45) is 7.28. The lowest BCUT2D eigenvalue weighted by Gasteiger charge is -2.25. The zero-order valence-electron chi connectivity index (χ0n) is 9.95. The Bertz CT molecular complexity index is 327. The molecule has 0 saturated heterocycles. The van der Waals surface area contributed by atoms with Crippen molar-refractivity contribution in [1.82, 2.24) is 14.8 Å². The normalized spacial score (nSPS) is 17.6. The summed E-state index contributed by atoms with van der Waals surface area (Å²) < 4.78 is 2.26. The van der Waals surface area contributed by atoms with Gasteiger partial charge in [0.05, 0.1) is 0 Å². The van der Waals surface area contributed by atoms with Crippen LogP contribution in [0.5, 0.6) is 0 Å². The van der Waals surface area contributed by atoms with Crippen LogP contribution in [0.3, 0.4) is 0 Å². The molecule has 0 bridgehead atoms. The molecule has 1 aromatic heterocycles. The molecule has 0 amide bonds. The van der Waals surface area contributed by atoms with Gasteiger partial charge in [0.15, 0.2) is 0 Å². The van der Waals surface area contributed by atoms with E-state index in [1.807, 2.05) is 7.05 Å². The molecule has 0 unspecified atom stereocenters. The minimum Gasteiger partial charge on any atom is -0.357 e. The minimum absolute atomic E-state index is 0.563. The summed E-state index contributed by atoms with van der Waals surface area (Å²) in [5, 5.41) is 11.5. The van der Waals surface area contributed by atoms with E-state index in [0.717, 1.165) is 18.2 Å². The standard InChI is InChI=1S/C11H21N5/c1-13-11-15-14-10(7-8-12)16(11)9-5-3-2-4-6-9/h9H,2-8,12H2,1H3,(H,13,15). The number of hydrogen-bond acceptors (Lipinski definition) is 4. The summed E-state index contributed by atoms with van der Waals surface area (Å²) >= 11 is 0. The largest absolute Gasteiger partial charge is 0.357 e. The maximum absolute atomic E-state index is 5.61. The van der Waals surface area contributed by atoms with Crippen LogP contribution >= 0.6 is 0 Å². The summed E-state index contributed by atoms with van der Waals surface area (Å²) in [6.45, 7) is 0.633.